The van der Waals surface area contributed by atoms with Gasteiger partial charge in [0.25, 0.3) is 0 Å². The summed E-state index contributed by atoms with van der Waals surface area (Å²) in [6.45, 7) is 11.3. The zero-order valence-corrected chi connectivity index (χ0v) is 14.3. The Hall–Kier alpha value is -0.810. The van der Waals surface area contributed by atoms with Gasteiger partial charge >= 0.3 is 6.09 Å². The van der Waals surface area contributed by atoms with Gasteiger partial charge < -0.3 is 14.4 Å². The fourth-order valence-electron chi connectivity index (χ4n) is 3.66. The van der Waals surface area contributed by atoms with Crippen molar-refractivity contribution in [2.75, 3.05) is 39.3 Å². The van der Waals surface area contributed by atoms with Gasteiger partial charge in [0.2, 0.25) is 0 Å². The Morgan fingerprint density at radius 3 is 2.41 bits per heavy atom. The van der Waals surface area contributed by atoms with E-state index < -0.39 is 5.60 Å². The summed E-state index contributed by atoms with van der Waals surface area (Å²) in [6, 6.07) is 0. The third-order valence-corrected chi connectivity index (χ3v) is 5.07. The predicted molar refractivity (Wildman–Crippen MR) is 84.9 cm³/mol. The molecular formula is C17H30N2O3. The summed E-state index contributed by atoms with van der Waals surface area (Å²) < 4.78 is 11.4. The number of nitrogens with zero attached hydrogens (tertiary/aromatic N) is 2. The van der Waals surface area contributed by atoms with Crippen LogP contribution >= 0.6 is 0 Å². The highest BCUT2D eigenvalue weighted by Crippen LogP contribution is 2.53. The van der Waals surface area contributed by atoms with Gasteiger partial charge in [-0.15, -0.1) is 0 Å². The number of hydrogen-bond donors (Lipinski definition) is 0. The highest BCUT2D eigenvalue weighted by atomic mass is 16.6. The Kier molecular flexibility index (Phi) is 4.38. The van der Waals surface area contributed by atoms with Gasteiger partial charge in [-0.2, -0.15) is 0 Å². The molecule has 3 rings (SSSR count). The van der Waals surface area contributed by atoms with Crippen molar-refractivity contribution < 1.29 is 14.3 Å². The van der Waals surface area contributed by atoms with Gasteiger partial charge in [0.1, 0.15) is 5.60 Å². The molecule has 2 aliphatic heterocycles. The van der Waals surface area contributed by atoms with Gasteiger partial charge in [0.05, 0.1) is 6.10 Å². The molecule has 2 saturated heterocycles. The monoisotopic (exact) mass is 310 g/mol. The lowest BCUT2D eigenvalue weighted by Crippen LogP contribution is -2.51. The van der Waals surface area contributed by atoms with E-state index >= 15 is 0 Å². The van der Waals surface area contributed by atoms with Crippen molar-refractivity contribution in [1.82, 2.24) is 9.80 Å². The largest absolute Gasteiger partial charge is 0.444 e. The van der Waals surface area contributed by atoms with Gasteiger partial charge in [0, 0.05) is 44.7 Å². The highest BCUT2D eigenvalue weighted by Gasteiger charge is 2.51. The summed E-state index contributed by atoms with van der Waals surface area (Å²) in [4.78, 5) is 16.4. The normalized spacial score (nSPS) is 28.7. The van der Waals surface area contributed by atoms with Crippen LogP contribution in [0, 0.1) is 5.41 Å². The first-order valence-corrected chi connectivity index (χ1v) is 8.70. The summed E-state index contributed by atoms with van der Waals surface area (Å²) in [5.41, 5.74) is 0.0106. The second kappa shape index (κ2) is 6.00. The van der Waals surface area contributed by atoms with Crippen molar-refractivity contribution in [3.8, 4) is 0 Å². The maximum absolute atomic E-state index is 12.1. The number of hydrogen-bond acceptors (Lipinski definition) is 4. The zero-order chi connectivity index (χ0) is 15.8. The lowest BCUT2D eigenvalue weighted by Gasteiger charge is -2.38. The number of piperazine rings is 1. The number of ether oxygens (including phenoxy) is 2. The Labute approximate surface area is 133 Å². The summed E-state index contributed by atoms with van der Waals surface area (Å²) in [6.07, 6.45) is 5.38. The molecule has 22 heavy (non-hydrogen) atoms. The minimum atomic E-state index is -0.411. The van der Waals surface area contributed by atoms with Gasteiger partial charge in [-0.3, -0.25) is 4.90 Å². The predicted octanol–water partition coefficient (Wildman–Crippen LogP) is 2.50. The Bertz CT molecular complexity index is 401. The number of carbonyl (C=O) groups is 1. The van der Waals surface area contributed by atoms with Gasteiger partial charge in [-0.1, -0.05) is 0 Å². The Morgan fingerprint density at radius 2 is 1.91 bits per heavy atom. The van der Waals surface area contributed by atoms with Crippen LogP contribution in [0.1, 0.15) is 46.5 Å². The molecule has 0 aromatic rings. The van der Waals surface area contributed by atoms with E-state index in [4.69, 9.17) is 9.47 Å². The summed E-state index contributed by atoms with van der Waals surface area (Å²) in [7, 11) is 0. The van der Waals surface area contributed by atoms with E-state index in [0.29, 0.717) is 11.5 Å². The fourth-order valence-corrected chi connectivity index (χ4v) is 3.66. The van der Waals surface area contributed by atoms with Crippen LogP contribution in [0.3, 0.4) is 0 Å². The maximum Gasteiger partial charge on any atom is 0.410 e. The molecule has 3 aliphatic rings. The van der Waals surface area contributed by atoms with E-state index in [-0.39, 0.29) is 6.09 Å². The fraction of sp³-hybridized carbons (Fsp3) is 0.941. The Balaban J connectivity index is 1.45. The van der Waals surface area contributed by atoms with Crippen molar-refractivity contribution in [3.05, 3.63) is 0 Å². The van der Waals surface area contributed by atoms with Crippen LogP contribution < -0.4 is 0 Å². The molecule has 0 N–H and O–H groups in total. The van der Waals surface area contributed by atoms with Crippen molar-refractivity contribution in [2.45, 2.75) is 58.2 Å². The van der Waals surface area contributed by atoms with Crippen LogP contribution in [-0.2, 0) is 9.47 Å². The molecule has 0 bridgehead atoms. The lowest BCUT2D eigenvalue weighted by molar-refractivity contribution is 0.00261. The molecule has 0 aromatic carbocycles. The van der Waals surface area contributed by atoms with Crippen LogP contribution in [-0.4, -0.2) is 66.9 Å². The molecule has 3 fully saturated rings. The van der Waals surface area contributed by atoms with Crippen LogP contribution in [0.2, 0.25) is 0 Å². The molecule has 5 heteroatoms. The van der Waals surface area contributed by atoms with E-state index in [1.165, 1.54) is 25.7 Å². The molecular weight excluding hydrogens is 280 g/mol. The topological polar surface area (TPSA) is 42.0 Å². The van der Waals surface area contributed by atoms with Crippen LogP contribution in [0.25, 0.3) is 0 Å². The average Bonchev–Trinajstić information content (AvgIpc) is 3.01. The first kappa shape index (κ1) is 16.1. The molecule has 0 radical (unpaired) electrons. The lowest BCUT2D eigenvalue weighted by atomic mass is 9.95. The second-order valence-corrected chi connectivity index (χ2v) is 8.11. The van der Waals surface area contributed by atoms with Crippen LogP contribution in [0.15, 0.2) is 0 Å². The van der Waals surface area contributed by atoms with Crippen molar-refractivity contribution in [3.63, 3.8) is 0 Å². The van der Waals surface area contributed by atoms with E-state index in [1.54, 1.807) is 0 Å². The molecule has 1 atom stereocenters. The molecule has 2 heterocycles. The number of amides is 1. The number of carbonyl (C=O) groups excluding carboxylic acids is 1. The minimum Gasteiger partial charge on any atom is -0.444 e. The van der Waals surface area contributed by atoms with Gasteiger partial charge in [-0.05, 0) is 46.5 Å². The molecule has 5 nitrogen and oxygen atoms in total. The molecule has 1 unspecified atom stereocenters. The van der Waals surface area contributed by atoms with E-state index in [0.717, 1.165) is 39.3 Å². The summed E-state index contributed by atoms with van der Waals surface area (Å²) in [5.74, 6) is 0. The first-order valence-electron chi connectivity index (χ1n) is 8.70. The van der Waals surface area contributed by atoms with E-state index in [1.807, 2.05) is 25.7 Å². The molecule has 0 aromatic heterocycles. The van der Waals surface area contributed by atoms with Crippen LogP contribution in [0.4, 0.5) is 4.79 Å². The molecule has 0 spiro atoms. The molecule has 1 saturated carbocycles. The van der Waals surface area contributed by atoms with E-state index in [9.17, 15) is 4.79 Å². The highest BCUT2D eigenvalue weighted by molar-refractivity contribution is 5.68. The molecule has 1 aliphatic carbocycles. The van der Waals surface area contributed by atoms with Crippen molar-refractivity contribution >= 4 is 6.09 Å². The van der Waals surface area contributed by atoms with Gasteiger partial charge in [-0.25, -0.2) is 4.79 Å². The zero-order valence-electron chi connectivity index (χ0n) is 14.3. The number of rotatable bonds is 3. The smallest absolute Gasteiger partial charge is 0.410 e. The quantitative estimate of drug-likeness (QED) is 0.803. The maximum atomic E-state index is 12.1. The Morgan fingerprint density at radius 1 is 1.23 bits per heavy atom. The van der Waals surface area contributed by atoms with Crippen LogP contribution in [0.5, 0.6) is 0 Å². The molecule has 1 amide bonds. The SMILES string of the molecule is CC(C)(C)OC(=O)N1CCN(CC2(C3CCCO3)CC2)CC1. The summed E-state index contributed by atoms with van der Waals surface area (Å²) in [5, 5.41) is 0. The standard InChI is InChI=1S/C17H30N2O3/c1-16(2,3)22-15(20)19-10-8-18(9-11-19)13-17(6-7-17)14-5-4-12-21-14/h14H,4-13H2,1-3H3. The van der Waals surface area contributed by atoms with Crippen molar-refractivity contribution in [2.24, 2.45) is 5.41 Å². The van der Waals surface area contributed by atoms with E-state index in [2.05, 4.69) is 4.90 Å². The third kappa shape index (κ3) is 3.74. The second-order valence-electron chi connectivity index (χ2n) is 8.11. The van der Waals surface area contributed by atoms with Gasteiger partial charge in [0.15, 0.2) is 0 Å². The summed E-state index contributed by atoms with van der Waals surface area (Å²) >= 11 is 0. The van der Waals surface area contributed by atoms with Crippen molar-refractivity contribution in [1.29, 1.82) is 0 Å². The first-order chi connectivity index (χ1) is 10.4. The average molecular weight is 310 g/mol. The minimum absolute atomic E-state index is 0.174. The third-order valence-electron chi connectivity index (χ3n) is 5.07. The molecule has 126 valence electrons.